The molecule has 0 aliphatic heterocycles. The van der Waals surface area contributed by atoms with E-state index in [1.54, 1.807) is 18.2 Å². The van der Waals surface area contributed by atoms with Crippen LogP contribution in [-0.2, 0) is 12.7 Å². The zero-order valence-corrected chi connectivity index (χ0v) is 22.2. The van der Waals surface area contributed by atoms with Crippen molar-refractivity contribution in [2.45, 2.75) is 26.6 Å². The predicted molar refractivity (Wildman–Crippen MR) is 141 cm³/mol. The van der Waals surface area contributed by atoms with Gasteiger partial charge in [-0.1, -0.05) is 6.07 Å². The first-order valence-corrected chi connectivity index (χ1v) is 12.1. The lowest BCUT2D eigenvalue weighted by atomic mass is 10.0. The van der Waals surface area contributed by atoms with E-state index in [0.29, 0.717) is 11.3 Å². The van der Waals surface area contributed by atoms with Crippen LogP contribution in [0.4, 0.5) is 18.9 Å². The van der Waals surface area contributed by atoms with Gasteiger partial charge in [-0.3, -0.25) is 9.59 Å². The fourth-order valence-electron chi connectivity index (χ4n) is 3.78. The van der Waals surface area contributed by atoms with Crippen LogP contribution in [0.25, 0.3) is 5.69 Å². The summed E-state index contributed by atoms with van der Waals surface area (Å²) in [6.45, 7) is 3.58. The summed E-state index contributed by atoms with van der Waals surface area (Å²) < 4.78 is 41.3. The number of aryl methyl sites for hydroxylation is 1. The molecule has 0 saturated heterocycles. The normalized spacial score (nSPS) is 11.4. The van der Waals surface area contributed by atoms with Crippen LogP contribution in [0.3, 0.4) is 0 Å². The van der Waals surface area contributed by atoms with Gasteiger partial charge in [0.2, 0.25) is 5.91 Å². The molecule has 3 N–H and O–H groups in total. The Morgan fingerprint density at radius 1 is 1.00 bits per heavy atom. The molecule has 196 valence electrons. The highest BCUT2D eigenvalue weighted by molar-refractivity contribution is 14.1. The molecule has 9 nitrogen and oxygen atoms in total. The number of alkyl halides is 3. The Labute approximate surface area is 227 Å². The maximum absolute atomic E-state index is 13.1. The molecule has 0 spiro atoms. The second-order valence-corrected chi connectivity index (χ2v) is 9.66. The zero-order valence-electron chi connectivity index (χ0n) is 20.0. The third kappa shape index (κ3) is 5.46. The number of halogens is 4. The van der Waals surface area contributed by atoms with Crippen molar-refractivity contribution >= 4 is 40.1 Å². The Morgan fingerprint density at radius 2 is 1.68 bits per heavy atom. The molecule has 3 aromatic carbocycles. The number of aromatic nitrogens is 4. The van der Waals surface area contributed by atoms with Crippen LogP contribution < -0.4 is 16.7 Å². The number of hydrogen-bond donors (Lipinski definition) is 2. The number of primary amides is 1. The van der Waals surface area contributed by atoms with E-state index in [1.807, 2.05) is 36.4 Å². The highest BCUT2D eigenvalue weighted by atomic mass is 127. The van der Waals surface area contributed by atoms with Gasteiger partial charge in [0, 0.05) is 14.8 Å². The molecule has 0 aliphatic rings. The van der Waals surface area contributed by atoms with E-state index in [0.717, 1.165) is 48.3 Å². The Hall–Kier alpha value is -4.01. The van der Waals surface area contributed by atoms with Crippen molar-refractivity contribution in [1.29, 1.82) is 0 Å². The molecule has 13 heteroatoms. The van der Waals surface area contributed by atoms with E-state index in [-0.39, 0.29) is 23.4 Å². The maximum Gasteiger partial charge on any atom is 0.416 e. The van der Waals surface area contributed by atoms with Crippen molar-refractivity contribution in [3.63, 3.8) is 0 Å². The predicted octanol–water partition coefficient (Wildman–Crippen LogP) is 4.07. The smallest absolute Gasteiger partial charge is 0.366 e. The first kappa shape index (κ1) is 27.0. The minimum absolute atomic E-state index is 0.0653. The van der Waals surface area contributed by atoms with Gasteiger partial charge in [0.25, 0.3) is 5.91 Å². The Bertz CT molecular complexity index is 1610. The molecule has 0 aliphatic carbocycles. The fraction of sp³-hybridized carbons (Fsp3) is 0.160. The van der Waals surface area contributed by atoms with Gasteiger partial charge in [0.15, 0.2) is 0 Å². The van der Waals surface area contributed by atoms with Crippen LogP contribution in [0.15, 0.2) is 59.4 Å². The third-order valence-electron chi connectivity index (χ3n) is 6.00. The van der Waals surface area contributed by atoms with Gasteiger partial charge in [-0.15, -0.1) is 0 Å². The largest absolute Gasteiger partial charge is 0.416 e. The molecule has 38 heavy (non-hydrogen) atoms. The topological polar surface area (TPSA) is 125 Å². The van der Waals surface area contributed by atoms with Crippen molar-refractivity contribution in [2.24, 2.45) is 5.73 Å². The van der Waals surface area contributed by atoms with Gasteiger partial charge < -0.3 is 11.1 Å². The van der Waals surface area contributed by atoms with E-state index < -0.39 is 29.2 Å². The van der Waals surface area contributed by atoms with Crippen molar-refractivity contribution in [3.8, 4) is 5.69 Å². The van der Waals surface area contributed by atoms with E-state index in [4.69, 9.17) is 5.73 Å². The molecular weight excluding hydrogens is 616 g/mol. The van der Waals surface area contributed by atoms with Gasteiger partial charge in [-0.2, -0.15) is 22.5 Å². The molecule has 0 fully saturated rings. The molecule has 4 rings (SSSR count). The second-order valence-electron chi connectivity index (χ2n) is 8.42. The minimum atomic E-state index is -4.51. The summed E-state index contributed by atoms with van der Waals surface area (Å²) in [6, 6.07) is 12.1. The number of hydrogen-bond acceptors (Lipinski definition) is 5. The summed E-state index contributed by atoms with van der Waals surface area (Å²) in [4.78, 5) is 38.0. The van der Waals surface area contributed by atoms with E-state index >= 15 is 0 Å². The molecule has 0 bridgehead atoms. The minimum Gasteiger partial charge on any atom is -0.366 e. The van der Waals surface area contributed by atoms with Crippen LogP contribution in [0, 0.1) is 17.4 Å². The lowest BCUT2D eigenvalue weighted by Gasteiger charge is -2.16. The van der Waals surface area contributed by atoms with Gasteiger partial charge in [-0.25, -0.2) is 4.79 Å². The summed E-state index contributed by atoms with van der Waals surface area (Å²) >= 11 is 2.01. The first-order chi connectivity index (χ1) is 17.9. The molecule has 1 aromatic heterocycles. The van der Waals surface area contributed by atoms with Crippen molar-refractivity contribution in [2.75, 3.05) is 5.32 Å². The number of rotatable bonds is 6. The van der Waals surface area contributed by atoms with Crippen LogP contribution in [-0.4, -0.2) is 31.6 Å². The van der Waals surface area contributed by atoms with E-state index in [2.05, 4.69) is 15.7 Å². The number of nitrogens with two attached hydrogens (primary N) is 1. The molecule has 4 aromatic rings. The Kier molecular flexibility index (Phi) is 7.40. The number of nitrogens with zero attached hydrogens (tertiary/aromatic N) is 4. The monoisotopic (exact) mass is 636 g/mol. The Morgan fingerprint density at radius 3 is 2.32 bits per heavy atom. The van der Waals surface area contributed by atoms with Crippen molar-refractivity contribution < 1.29 is 22.8 Å². The highest BCUT2D eigenvalue weighted by Crippen LogP contribution is 2.29. The Balaban J connectivity index is 1.67. The van der Waals surface area contributed by atoms with Gasteiger partial charge in [0.05, 0.1) is 28.9 Å². The standard InChI is InChI=1S/C25H20F3IN6O3/c1-13-3-10-21(31-23(37)18-9-6-16(29)11-19(18)22(30)36)20(14(13)2)12-34-24(38)35(33-32-34)17-7-4-15(5-8-17)25(26,27)28/h3-11H,12H2,1-2H3,(H2,30,36)(H,31,37). The average molecular weight is 636 g/mol. The number of nitrogens with one attached hydrogen (secondary N) is 1. The van der Waals surface area contributed by atoms with Crippen LogP contribution in [0.1, 0.15) is 43.0 Å². The molecular formula is C25H20F3IN6O3. The molecule has 0 atom stereocenters. The molecule has 1 heterocycles. The van der Waals surface area contributed by atoms with E-state index in [1.165, 1.54) is 12.1 Å². The number of carbonyl (C=O) groups excluding carboxylic acids is 2. The van der Waals surface area contributed by atoms with Crippen molar-refractivity contribution in [1.82, 2.24) is 19.8 Å². The quantitative estimate of drug-likeness (QED) is 0.309. The third-order valence-corrected chi connectivity index (χ3v) is 6.67. The van der Waals surface area contributed by atoms with Crippen LogP contribution in [0.5, 0.6) is 0 Å². The summed E-state index contributed by atoms with van der Waals surface area (Å²) in [5.41, 5.74) is 6.78. The molecule has 0 saturated carbocycles. The van der Waals surface area contributed by atoms with Gasteiger partial charge >= 0.3 is 11.9 Å². The number of anilines is 1. The van der Waals surface area contributed by atoms with Gasteiger partial charge in [-0.05, 0) is 107 Å². The van der Waals surface area contributed by atoms with Crippen molar-refractivity contribution in [3.05, 3.63) is 102 Å². The molecule has 2 amide bonds. The second kappa shape index (κ2) is 10.4. The first-order valence-electron chi connectivity index (χ1n) is 11.1. The lowest BCUT2D eigenvalue weighted by molar-refractivity contribution is -0.137. The zero-order chi connectivity index (χ0) is 27.8. The number of tetrazole rings is 1. The average Bonchev–Trinajstić information content (AvgIpc) is 3.22. The summed E-state index contributed by atoms with van der Waals surface area (Å²) in [6.07, 6.45) is -4.51. The number of benzene rings is 3. The number of amides is 2. The SMILES string of the molecule is Cc1ccc(NC(=O)c2ccc(I)cc2C(N)=O)c(Cn2nnn(-c3ccc(C(F)(F)F)cc3)c2=O)c1C. The molecule has 0 radical (unpaired) electrons. The van der Waals surface area contributed by atoms with Crippen LogP contribution >= 0.6 is 22.6 Å². The van der Waals surface area contributed by atoms with E-state index in [9.17, 15) is 27.6 Å². The van der Waals surface area contributed by atoms with Gasteiger partial charge in [0.1, 0.15) is 0 Å². The summed E-state index contributed by atoms with van der Waals surface area (Å²) in [5, 5.41) is 10.5. The summed E-state index contributed by atoms with van der Waals surface area (Å²) in [5.74, 6) is -1.32. The number of carbonyl (C=O) groups is 2. The maximum atomic E-state index is 13.1. The fourth-order valence-corrected chi connectivity index (χ4v) is 4.27. The molecule has 0 unspecified atom stereocenters. The highest BCUT2D eigenvalue weighted by Gasteiger charge is 2.30. The van der Waals surface area contributed by atoms with Crippen LogP contribution in [0.2, 0.25) is 0 Å². The summed E-state index contributed by atoms with van der Waals surface area (Å²) in [7, 11) is 0. The lowest BCUT2D eigenvalue weighted by Crippen LogP contribution is -2.26.